The molecule has 118 valence electrons. The van der Waals surface area contributed by atoms with Gasteiger partial charge in [0, 0.05) is 19.0 Å². The molecule has 0 spiro atoms. The predicted molar refractivity (Wildman–Crippen MR) is 84.8 cm³/mol. The minimum atomic E-state index is -1.09. The van der Waals surface area contributed by atoms with Crippen molar-refractivity contribution in [2.45, 2.75) is 25.6 Å². The number of aliphatic hydroxyl groups excluding tert-OH is 2. The van der Waals surface area contributed by atoms with Gasteiger partial charge in [0.15, 0.2) is 0 Å². The zero-order chi connectivity index (χ0) is 16.1. The highest BCUT2D eigenvalue weighted by atomic mass is 16.5. The highest BCUT2D eigenvalue weighted by molar-refractivity contribution is 5.88. The Balaban J connectivity index is 2.29. The summed E-state index contributed by atoms with van der Waals surface area (Å²) in [5.74, 6) is 0.370. The Labute approximate surface area is 129 Å². The summed E-state index contributed by atoms with van der Waals surface area (Å²) in [6.07, 6.45) is -1.83. The second kappa shape index (κ2) is 7.24. The van der Waals surface area contributed by atoms with E-state index in [4.69, 9.17) is 4.74 Å². The summed E-state index contributed by atoms with van der Waals surface area (Å²) in [5, 5.41) is 25.1. The van der Waals surface area contributed by atoms with Gasteiger partial charge >= 0.3 is 0 Å². The third-order valence-electron chi connectivity index (χ3n) is 3.62. The van der Waals surface area contributed by atoms with E-state index in [9.17, 15) is 15.0 Å². The van der Waals surface area contributed by atoms with Gasteiger partial charge in [0.25, 0.3) is 0 Å². The van der Waals surface area contributed by atoms with E-state index in [2.05, 4.69) is 5.32 Å². The quantitative estimate of drug-likeness (QED) is 0.760. The molecule has 0 aliphatic carbocycles. The van der Waals surface area contributed by atoms with Gasteiger partial charge in [-0.05, 0) is 23.3 Å². The molecule has 2 rings (SSSR count). The molecule has 2 unspecified atom stereocenters. The summed E-state index contributed by atoms with van der Waals surface area (Å²) < 4.78 is 5.33. The minimum Gasteiger partial charge on any atom is -0.496 e. The van der Waals surface area contributed by atoms with E-state index in [1.165, 1.54) is 14.0 Å². The molecule has 0 bridgehead atoms. The third-order valence-corrected chi connectivity index (χ3v) is 3.62. The number of hydrogen-bond acceptors (Lipinski definition) is 4. The Hall–Kier alpha value is -2.11. The second-order valence-electron chi connectivity index (χ2n) is 5.19. The van der Waals surface area contributed by atoms with Crippen molar-refractivity contribution in [2.75, 3.05) is 13.7 Å². The Morgan fingerprint density at radius 2 is 1.95 bits per heavy atom. The third kappa shape index (κ3) is 3.55. The van der Waals surface area contributed by atoms with E-state index >= 15 is 0 Å². The molecule has 0 aliphatic rings. The molecule has 0 aliphatic heterocycles. The Morgan fingerprint density at radius 3 is 2.64 bits per heavy atom. The highest BCUT2D eigenvalue weighted by Crippen LogP contribution is 2.35. The van der Waals surface area contributed by atoms with Crippen LogP contribution in [0.15, 0.2) is 36.4 Å². The van der Waals surface area contributed by atoms with Crippen LogP contribution in [0.25, 0.3) is 10.8 Å². The molecule has 3 N–H and O–H groups in total. The molecule has 0 heterocycles. The van der Waals surface area contributed by atoms with Gasteiger partial charge in [-0.1, -0.05) is 30.3 Å². The summed E-state index contributed by atoms with van der Waals surface area (Å²) in [7, 11) is 1.53. The number of carbonyl (C=O) groups is 1. The van der Waals surface area contributed by atoms with Gasteiger partial charge in [0.1, 0.15) is 11.9 Å². The Bertz CT molecular complexity index is 656. The molecule has 0 fully saturated rings. The monoisotopic (exact) mass is 303 g/mol. The maximum Gasteiger partial charge on any atom is 0.216 e. The van der Waals surface area contributed by atoms with E-state index < -0.39 is 12.2 Å². The van der Waals surface area contributed by atoms with Crippen molar-refractivity contribution in [3.05, 3.63) is 42.0 Å². The molecule has 0 radical (unpaired) electrons. The molecule has 0 aromatic heterocycles. The first-order valence-electron chi connectivity index (χ1n) is 7.20. The van der Waals surface area contributed by atoms with Crippen molar-refractivity contribution < 1.29 is 19.7 Å². The lowest BCUT2D eigenvalue weighted by molar-refractivity contribution is -0.119. The Kier molecular flexibility index (Phi) is 5.35. The van der Waals surface area contributed by atoms with Crippen LogP contribution in [-0.2, 0) is 4.79 Å². The van der Waals surface area contributed by atoms with Crippen molar-refractivity contribution in [1.29, 1.82) is 0 Å². The van der Waals surface area contributed by atoms with Gasteiger partial charge in [-0.25, -0.2) is 0 Å². The van der Waals surface area contributed by atoms with Gasteiger partial charge in [-0.2, -0.15) is 0 Å². The average Bonchev–Trinajstić information content (AvgIpc) is 2.52. The largest absolute Gasteiger partial charge is 0.496 e. The van der Waals surface area contributed by atoms with Gasteiger partial charge in [-0.3, -0.25) is 4.79 Å². The number of nitrogens with one attached hydrogen (secondary N) is 1. The molecule has 5 nitrogen and oxygen atoms in total. The van der Waals surface area contributed by atoms with E-state index in [0.29, 0.717) is 17.9 Å². The number of rotatable bonds is 6. The van der Waals surface area contributed by atoms with Crippen molar-refractivity contribution in [2.24, 2.45) is 0 Å². The van der Waals surface area contributed by atoms with Crippen molar-refractivity contribution in [1.82, 2.24) is 5.32 Å². The fourth-order valence-corrected chi connectivity index (χ4v) is 2.51. The number of amides is 1. The number of fused-ring (bicyclic) bond motifs is 1. The molecule has 2 aromatic rings. The zero-order valence-corrected chi connectivity index (χ0v) is 12.7. The summed E-state index contributed by atoms with van der Waals surface area (Å²) in [4.78, 5) is 10.9. The number of carbonyl (C=O) groups excluding carboxylic acids is 1. The van der Waals surface area contributed by atoms with Gasteiger partial charge in [-0.15, -0.1) is 0 Å². The lowest BCUT2D eigenvalue weighted by Crippen LogP contribution is -2.28. The summed E-state index contributed by atoms with van der Waals surface area (Å²) in [6, 6.07) is 11.3. The van der Waals surface area contributed by atoms with E-state index in [1.807, 2.05) is 30.3 Å². The zero-order valence-electron chi connectivity index (χ0n) is 12.7. The van der Waals surface area contributed by atoms with Gasteiger partial charge in [0.05, 0.1) is 13.2 Å². The van der Waals surface area contributed by atoms with Gasteiger partial charge in [0.2, 0.25) is 5.91 Å². The molecular formula is C17H21NO4. The molecule has 2 atom stereocenters. The fraction of sp³-hybridized carbons (Fsp3) is 0.353. The van der Waals surface area contributed by atoms with Crippen LogP contribution in [0.2, 0.25) is 0 Å². The lowest BCUT2D eigenvalue weighted by atomic mass is 9.95. The normalized spacial score (nSPS) is 13.6. The number of aliphatic hydroxyl groups is 2. The molecule has 0 saturated heterocycles. The lowest BCUT2D eigenvalue weighted by Gasteiger charge is -2.22. The average molecular weight is 303 g/mol. The van der Waals surface area contributed by atoms with E-state index in [1.54, 1.807) is 6.07 Å². The van der Waals surface area contributed by atoms with Crippen molar-refractivity contribution >= 4 is 16.7 Å². The molecular weight excluding hydrogens is 282 g/mol. The first-order valence-corrected chi connectivity index (χ1v) is 7.20. The number of ether oxygens (including phenoxy) is 1. The van der Waals surface area contributed by atoms with E-state index in [0.717, 1.165) is 10.8 Å². The van der Waals surface area contributed by atoms with Crippen LogP contribution in [0.4, 0.5) is 0 Å². The van der Waals surface area contributed by atoms with Crippen LogP contribution in [0.5, 0.6) is 5.75 Å². The summed E-state index contributed by atoms with van der Waals surface area (Å²) in [6.45, 7) is 1.72. The van der Waals surface area contributed by atoms with Crippen LogP contribution in [-0.4, -0.2) is 35.9 Å². The van der Waals surface area contributed by atoms with Crippen LogP contribution in [0, 0.1) is 0 Å². The van der Waals surface area contributed by atoms with Crippen molar-refractivity contribution in [3.63, 3.8) is 0 Å². The smallest absolute Gasteiger partial charge is 0.216 e. The molecule has 0 saturated carbocycles. The summed E-state index contributed by atoms with van der Waals surface area (Å²) in [5.41, 5.74) is 0.566. The van der Waals surface area contributed by atoms with Crippen LogP contribution >= 0.6 is 0 Å². The van der Waals surface area contributed by atoms with Gasteiger partial charge < -0.3 is 20.3 Å². The Morgan fingerprint density at radius 1 is 1.23 bits per heavy atom. The maximum atomic E-state index is 10.9. The molecule has 1 amide bonds. The number of benzene rings is 2. The number of hydrogen-bond donors (Lipinski definition) is 3. The highest BCUT2D eigenvalue weighted by Gasteiger charge is 2.23. The first-order chi connectivity index (χ1) is 10.5. The molecule has 5 heteroatoms. The standard InChI is InChI=1S/C17H21NO4/c1-11(19)18-10-9-14(20)17(21)16-13-6-4-3-5-12(13)7-8-15(16)22-2/h3-8,14,17,20-21H,9-10H2,1-2H3,(H,18,19). The first kappa shape index (κ1) is 16.3. The summed E-state index contributed by atoms with van der Waals surface area (Å²) >= 11 is 0. The SMILES string of the molecule is COc1ccc2ccccc2c1C(O)C(O)CCNC(C)=O. The predicted octanol–water partition coefficient (Wildman–Crippen LogP) is 1.77. The fourth-order valence-electron chi connectivity index (χ4n) is 2.51. The van der Waals surface area contributed by atoms with Crippen LogP contribution in [0.3, 0.4) is 0 Å². The second-order valence-corrected chi connectivity index (χ2v) is 5.19. The minimum absolute atomic E-state index is 0.163. The van der Waals surface area contributed by atoms with Crippen LogP contribution < -0.4 is 10.1 Å². The van der Waals surface area contributed by atoms with Crippen LogP contribution in [0.1, 0.15) is 25.0 Å². The van der Waals surface area contributed by atoms with E-state index in [-0.39, 0.29) is 12.3 Å². The topological polar surface area (TPSA) is 78.8 Å². The molecule has 22 heavy (non-hydrogen) atoms. The number of methoxy groups -OCH3 is 1. The van der Waals surface area contributed by atoms with Crippen molar-refractivity contribution in [3.8, 4) is 5.75 Å². The maximum absolute atomic E-state index is 10.9. The molecule has 2 aromatic carbocycles.